The van der Waals surface area contributed by atoms with Gasteiger partial charge in [0.15, 0.2) is 0 Å². The summed E-state index contributed by atoms with van der Waals surface area (Å²) < 4.78 is 0. The van der Waals surface area contributed by atoms with Crippen molar-refractivity contribution >= 4 is 5.78 Å². The number of aliphatic hydroxyl groups excluding tert-OH is 1. The minimum Gasteiger partial charge on any atom is -0.396 e. The molecule has 29 heavy (non-hydrogen) atoms. The van der Waals surface area contributed by atoms with Gasteiger partial charge in [0.1, 0.15) is 5.78 Å². The maximum atomic E-state index is 12.2. The topological polar surface area (TPSA) is 57.5 Å². The molecule has 2 N–H and O–H groups in total. The Labute approximate surface area is 177 Å². The van der Waals surface area contributed by atoms with Crippen LogP contribution < -0.4 is 0 Å². The van der Waals surface area contributed by atoms with Gasteiger partial charge in [0.2, 0.25) is 0 Å². The Morgan fingerprint density at radius 2 is 1.90 bits per heavy atom. The zero-order chi connectivity index (χ0) is 21.0. The van der Waals surface area contributed by atoms with Gasteiger partial charge < -0.3 is 15.0 Å². The van der Waals surface area contributed by atoms with Crippen LogP contribution in [0.2, 0.25) is 0 Å². The number of fused-ring (bicyclic) bond motifs is 5. The van der Waals surface area contributed by atoms with Crippen molar-refractivity contribution in [3.63, 3.8) is 0 Å². The molecule has 0 spiro atoms. The third-order valence-electron chi connectivity index (χ3n) is 10.3. The summed E-state index contributed by atoms with van der Waals surface area (Å²) in [5.41, 5.74) is 1.22. The van der Waals surface area contributed by atoms with Crippen molar-refractivity contribution in [1.82, 2.24) is 0 Å². The number of rotatable bonds is 5. The van der Waals surface area contributed by atoms with Crippen LogP contribution in [-0.4, -0.2) is 28.2 Å². The molecule has 3 fully saturated rings. The Hall–Kier alpha value is -0.670. The molecule has 0 heterocycles. The van der Waals surface area contributed by atoms with E-state index in [9.17, 15) is 15.0 Å². The highest BCUT2D eigenvalue weighted by Gasteiger charge is 2.66. The van der Waals surface area contributed by atoms with Crippen molar-refractivity contribution in [2.75, 3.05) is 6.61 Å². The second-order valence-electron chi connectivity index (χ2n) is 11.6. The van der Waals surface area contributed by atoms with E-state index in [0.717, 1.165) is 51.4 Å². The molecule has 0 aliphatic heterocycles. The van der Waals surface area contributed by atoms with Gasteiger partial charge in [-0.25, -0.2) is 0 Å². The highest BCUT2D eigenvalue weighted by molar-refractivity contribution is 5.75. The first-order valence-electron chi connectivity index (χ1n) is 12.2. The van der Waals surface area contributed by atoms with Gasteiger partial charge in [0, 0.05) is 18.9 Å². The normalized spacial score (nSPS) is 47.6. The Balaban J connectivity index is 1.59. The number of allylic oxidation sites excluding steroid dienone is 1. The number of carbonyl (C=O) groups excluding carboxylic acids is 1. The van der Waals surface area contributed by atoms with Gasteiger partial charge in [0.25, 0.3) is 0 Å². The van der Waals surface area contributed by atoms with Crippen LogP contribution in [0.4, 0.5) is 0 Å². The van der Waals surface area contributed by atoms with Crippen molar-refractivity contribution in [1.29, 1.82) is 0 Å². The van der Waals surface area contributed by atoms with Crippen molar-refractivity contribution in [3.05, 3.63) is 11.6 Å². The molecule has 0 radical (unpaired) electrons. The van der Waals surface area contributed by atoms with Crippen LogP contribution in [0.15, 0.2) is 11.6 Å². The SMILES string of the molecule is CC(=O)CCC(C)C1CC[C@@]2(O)C3CCC4=C[C@H](CO)CC[C@]4(C)[C@H]3CC[C@]12C. The first kappa shape index (κ1) is 21.6. The summed E-state index contributed by atoms with van der Waals surface area (Å²) >= 11 is 0. The molecule has 0 aromatic carbocycles. The van der Waals surface area contributed by atoms with Crippen molar-refractivity contribution in [3.8, 4) is 0 Å². The Bertz CT molecular complexity index is 683. The zero-order valence-corrected chi connectivity index (χ0v) is 19.0. The molecule has 3 unspecified atom stereocenters. The van der Waals surface area contributed by atoms with Crippen LogP contribution >= 0.6 is 0 Å². The lowest BCUT2D eigenvalue weighted by Crippen LogP contribution is -2.61. The van der Waals surface area contributed by atoms with E-state index in [0.29, 0.717) is 36.0 Å². The van der Waals surface area contributed by atoms with E-state index in [1.54, 1.807) is 12.5 Å². The third kappa shape index (κ3) is 3.17. The van der Waals surface area contributed by atoms with E-state index in [1.165, 1.54) is 6.42 Å². The molecule has 4 aliphatic carbocycles. The van der Waals surface area contributed by atoms with Crippen LogP contribution in [0.3, 0.4) is 0 Å². The lowest BCUT2D eigenvalue weighted by atomic mass is 9.44. The van der Waals surface area contributed by atoms with E-state index in [4.69, 9.17) is 0 Å². The summed E-state index contributed by atoms with van der Waals surface area (Å²) in [7, 11) is 0. The first-order chi connectivity index (χ1) is 13.7. The lowest BCUT2D eigenvalue weighted by Gasteiger charge is -2.62. The Kier molecular flexibility index (Phi) is 5.56. The summed E-state index contributed by atoms with van der Waals surface area (Å²) in [6.07, 6.45) is 12.9. The molecule has 3 nitrogen and oxygen atoms in total. The van der Waals surface area contributed by atoms with Gasteiger partial charge in [-0.15, -0.1) is 0 Å². The van der Waals surface area contributed by atoms with Crippen LogP contribution in [-0.2, 0) is 4.79 Å². The number of carbonyl (C=O) groups is 1. The number of aliphatic hydroxyl groups is 2. The van der Waals surface area contributed by atoms with E-state index in [1.807, 2.05) is 0 Å². The van der Waals surface area contributed by atoms with Crippen LogP contribution in [0.1, 0.15) is 91.9 Å². The molecule has 164 valence electrons. The molecular formula is C26H42O3. The summed E-state index contributed by atoms with van der Waals surface area (Å²) in [6, 6.07) is 0. The fourth-order valence-corrected chi connectivity index (χ4v) is 8.50. The van der Waals surface area contributed by atoms with Crippen molar-refractivity contribution in [2.45, 2.75) is 97.5 Å². The average Bonchev–Trinajstić information content (AvgIpc) is 2.97. The molecule has 8 atom stereocenters. The molecule has 3 heteroatoms. The highest BCUT2D eigenvalue weighted by Crippen LogP contribution is 2.69. The van der Waals surface area contributed by atoms with Crippen molar-refractivity contribution < 1.29 is 15.0 Å². The third-order valence-corrected chi connectivity index (χ3v) is 10.3. The number of ketones is 1. The Morgan fingerprint density at radius 1 is 1.14 bits per heavy atom. The summed E-state index contributed by atoms with van der Waals surface area (Å²) in [5, 5.41) is 21.9. The van der Waals surface area contributed by atoms with Gasteiger partial charge in [-0.05, 0) is 99.2 Å². The zero-order valence-electron chi connectivity index (χ0n) is 19.0. The number of hydrogen-bond donors (Lipinski definition) is 2. The quantitative estimate of drug-likeness (QED) is 0.614. The van der Waals surface area contributed by atoms with Gasteiger partial charge >= 0.3 is 0 Å². The average molecular weight is 403 g/mol. The summed E-state index contributed by atoms with van der Waals surface area (Å²) in [6.45, 7) is 9.12. The monoisotopic (exact) mass is 402 g/mol. The van der Waals surface area contributed by atoms with Crippen molar-refractivity contribution in [2.24, 2.45) is 40.4 Å². The molecule has 0 amide bonds. The minimum atomic E-state index is -0.548. The van der Waals surface area contributed by atoms with E-state index in [-0.39, 0.29) is 23.2 Å². The van der Waals surface area contributed by atoms with Gasteiger partial charge in [0.05, 0.1) is 5.60 Å². The van der Waals surface area contributed by atoms with Crippen LogP contribution in [0, 0.1) is 40.4 Å². The van der Waals surface area contributed by atoms with Gasteiger partial charge in [-0.2, -0.15) is 0 Å². The summed E-state index contributed by atoms with van der Waals surface area (Å²) in [4.78, 5) is 11.5. The maximum absolute atomic E-state index is 12.2. The maximum Gasteiger partial charge on any atom is 0.129 e. The predicted molar refractivity (Wildman–Crippen MR) is 116 cm³/mol. The second-order valence-corrected chi connectivity index (χ2v) is 11.6. The number of hydrogen-bond acceptors (Lipinski definition) is 3. The van der Waals surface area contributed by atoms with Gasteiger partial charge in [-0.3, -0.25) is 0 Å². The fourth-order valence-electron chi connectivity index (χ4n) is 8.50. The molecular weight excluding hydrogens is 360 g/mol. The van der Waals surface area contributed by atoms with E-state index < -0.39 is 5.60 Å². The van der Waals surface area contributed by atoms with E-state index in [2.05, 4.69) is 26.8 Å². The van der Waals surface area contributed by atoms with Crippen LogP contribution in [0.25, 0.3) is 0 Å². The second kappa shape index (κ2) is 7.48. The highest BCUT2D eigenvalue weighted by atomic mass is 16.3. The fraction of sp³-hybridized carbons (Fsp3) is 0.885. The molecule has 4 aliphatic rings. The van der Waals surface area contributed by atoms with Crippen LogP contribution in [0.5, 0.6) is 0 Å². The largest absolute Gasteiger partial charge is 0.396 e. The Morgan fingerprint density at radius 3 is 2.59 bits per heavy atom. The molecule has 4 rings (SSSR count). The molecule has 0 bridgehead atoms. The lowest BCUT2D eigenvalue weighted by molar-refractivity contribution is -0.188. The smallest absolute Gasteiger partial charge is 0.129 e. The summed E-state index contributed by atoms with van der Waals surface area (Å²) in [5.74, 6) is 2.64. The van der Waals surface area contributed by atoms with E-state index >= 15 is 0 Å². The predicted octanol–water partition coefficient (Wildman–Crippen LogP) is 5.29. The minimum absolute atomic E-state index is 0.00967. The van der Waals surface area contributed by atoms with Gasteiger partial charge in [-0.1, -0.05) is 32.4 Å². The first-order valence-corrected chi connectivity index (χ1v) is 12.2. The molecule has 0 aromatic rings. The number of Topliss-reactive ketones (excluding diaryl/α,β-unsaturated/α-hetero) is 1. The molecule has 0 saturated heterocycles. The molecule has 3 saturated carbocycles. The molecule has 0 aromatic heterocycles. The standard InChI is InChI=1S/C26H42O3/c1-17(5-6-18(2)28)21-11-14-26(29)23-8-7-20-15-19(16-27)9-12-24(20,3)22(23)10-13-25(21,26)4/h15,17,19,21-23,27,29H,5-14,16H2,1-4H3/t17?,19-,21?,22+,23?,24+,25-,26-/m1/s1.